The minimum absolute atomic E-state index is 0.157. The van der Waals surface area contributed by atoms with E-state index >= 15 is 0 Å². The van der Waals surface area contributed by atoms with Crippen molar-refractivity contribution in [1.29, 1.82) is 0 Å². The molecule has 17 heavy (non-hydrogen) atoms. The SMILES string of the molecule is Oc1ccc2c(Nc3ccncc3)noc2c1. The van der Waals surface area contributed by atoms with Gasteiger partial charge in [-0.2, -0.15) is 0 Å². The lowest BCUT2D eigenvalue weighted by Gasteiger charge is -2.01. The Morgan fingerprint density at radius 3 is 2.76 bits per heavy atom. The van der Waals surface area contributed by atoms with Crippen LogP contribution in [0.5, 0.6) is 5.75 Å². The normalized spacial score (nSPS) is 10.6. The highest BCUT2D eigenvalue weighted by atomic mass is 16.5. The quantitative estimate of drug-likeness (QED) is 0.704. The zero-order valence-corrected chi connectivity index (χ0v) is 8.79. The Labute approximate surface area is 96.7 Å². The molecular weight excluding hydrogens is 218 g/mol. The molecule has 0 radical (unpaired) electrons. The van der Waals surface area contributed by atoms with Gasteiger partial charge in [-0.15, -0.1) is 0 Å². The first-order valence-electron chi connectivity index (χ1n) is 5.08. The summed E-state index contributed by atoms with van der Waals surface area (Å²) >= 11 is 0. The molecule has 0 atom stereocenters. The van der Waals surface area contributed by atoms with Crippen molar-refractivity contribution in [2.45, 2.75) is 0 Å². The van der Waals surface area contributed by atoms with Gasteiger partial charge in [-0.3, -0.25) is 4.98 Å². The molecule has 0 aliphatic carbocycles. The Hall–Kier alpha value is -2.56. The van der Waals surface area contributed by atoms with Crippen molar-refractivity contribution >= 4 is 22.5 Å². The number of rotatable bonds is 2. The highest BCUT2D eigenvalue weighted by Gasteiger charge is 2.08. The van der Waals surface area contributed by atoms with E-state index in [9.17, 15) is 5.11 Å². The van der Waals surface area contributed by atoms with Gasteiger partial charge in [-0.05, 0) is 24.3 Å². The van der Waals surface area contributed by atoms with Gasteiger partial charge >= 0.3 is 0 Å². The Kier molecular flexibility index (Phi) is 2.15. The summed E-state index contributed by atoms with van der Waals surface area (Å²) in [4.78, 5) is 3.93. The van der Waals surface area contributed by atoms with Gasteiger partial charge in [-0.25, -0.2) is 0 Å². The van der Waals surface area contributed by atoms with Crippen LogP contribution in [0.2, 0.25) is 0 Å². The third kappa shape index (κ3) is 1.78. The molecule has 3 rings (SSSR count). The lowest BCUT2D eigenvalue weighted by atomic mass is 10.2. The summed E-state index contributed by atoms with van der Waals surface area (Å²) in [5.41, 5.74) is 1.42. The first-order chi connectivity index (χ1) is 8.33. The molecule has 0 aliphatic heterocycles. The number of hydrogen-bond acceptors (Lipinski definition) is 5. The lowest BCUT2D eigenvalue weighted by molar-refractivity contribution is 0.451. The first kappa shape index (κ1) is 9.65. The van der Waals surface area contributed by atoms with Gasteiger partial charge in [0.2, 0.25) is 0 Å². The van der Waals surface area contributed by atoms with Crippen LogP contribution in [0.1, 0.15) is 0 Å². The second kappa shape index (κ2) is 3.79. The molecule has 2 aromatic heterocycles. The summed E-state index contributed by atoms with van der Waals surface area (Å²) < 4.78 is 5.11. The largest absolute Gasteiger partial charge is 0.508 e. The Bertz CT molecular complexity index is 649. The maximum Gasteiger partial charge on any atom is 0.181 e. The van der Waals surface area contributed by atoms with Crippen LogP contribution in [0.4, 0.5) is 11.5 Å². The molecule has 0 spiro atoms. The van der Waals surface area contributed by atoms with Gasteiger partial charge in [0.15, 0.2) is 11.4 Å². The number of nitrogens with one attached hydrogen (secondary N) is 1. The van der Waals surface area contributed by atoms with E-state index in [0.29, 0.717) is 11.4 Å². The minimum atomic E-state index is 0.157. The molecule has 2 N–H and O–H groups in total. The number of nitrogens with zero attached hydrogens (tertiary/aromatic N) is 2. The second-order valence-corrected chi connectivity index (χ2v) is 3.57. The summed E-state index contributed by atoms with van der Waals surface area (Å²) in [7, 11) is 0. The standard InChI is InChI=1S/C12H9N3O2/c16-9-1-2-10-11(7-9)17-15-12(10)14-8-3-5-13-6-4-8/h1-7,16H,(H,13,14,15). The van der Waals surface area contributed by atoms with E-state index < -0.39 is 0 Å². The summed E-state index contributed by atoms with van der Waals surface area (Å²) in [6.45, 7) is 0. The van der Waals surface area contributed by atoms with Crippen molar-refractivity contribution in [3.8, 4) is 5.75 Å². The average molecular weight is 227 g/mol. The van der Waals surface area contributed by atoms with Crippen molar-refractivity contribution in [2.75, 3.05) is 5.32 Å². The number of fused-ring (bicyclic) bond motifs is 1. The molecule has 0 saturated heterocycles. The average Bonchev–Trinajstić information content (AvgIpc) is 2.73. The van der Waals surface area contributed by atoms with Crippen LogP contribution in [-0.4, -0.2) is 15.2 Å². The molecule has 0 unspecified atom stereocenters. The Balaban J connectivity index is 2.01. The summed E-state index contributed by atoms with van der Waals surface area (Å²) in [5.74, 6) is 0.773. The van der Waals surface area contributed by atoms with Crippen LogP contribution in [-0.2, 0) is 0 Å². The third-order valence-corrected chi connectivity index (χ3v) is 2.40. The molecule has 0 saturated carbocycles. The Morgan fingerprint density at radius 2 is 1.94 bits per heavy atom. The highest BCUT2D eigenvalue weighted by molar-refractivity contribution is 5.90. The lowest BCUT2D eigenvalue weighted by Crippen LogP contribution is -1.90. The van der Waals surface area contributed by atoms with Crippen molar-refractivity contribution in [3.63, 3.8) is 0 Å². The maximum absolute atomic E-state index is 9.31. The third-order valence-electron chi connectivity index (χ3n) is 2.40. The molecule has 1 aromatic carbocycles. The van der Waals surface area contributed by atoms with Crippen LogP contribution in [0.25, 0.3) is 11.0 Å². The molecule has 3 aromatic rings. The van der Waals surface area contributed by atoms with E-state index in [1.54, 1.807) is 24.5 Å². The Morgan fingerprint density at radius 1 is 1.12 bits per heavy atom. The topological polar surface area (TPSA) is 71.2 Å². The van der Waals surface area contributed by atoms with Crippen LogP contribution in [0.15, 0.2) is 47.2 Å². The van der Waals surface area contributed by atoms with Crippen LogP contribution >= 0.6 is 0 Å². The molecule has 84 valence electrons. The number of aromatic hydroxyl groups is 1. The summed E-state index contributed by atoms with van der Waals surface area (Å²) in [5, 5.41) is 17.2. The molecule has 0 bridgehead atoms. The second-order valence-electron chi connectivity index (χ2n) is 3.57. The van der Waals surface area contributed by atoms with Gasteiger partial charge < -0.3 is 14.9 Å². The monoisotopic (exact) mass is 227 g/mol. The van der Waals surface area contributed by atoms with E-state index in [1.165, 1.54) is 6.07 Å². The summed E-state index contributed by atoms with van der Waals surface area (Å²) in [6.07, 6.45) is 3.38. The van der Waals surface area contributed by atoms with Crippen molar-refractivity contribution < 1.29 is 9.63 Å². The number of aromatic nitrogens is 2. The van der Waals surface area contributed by atoms with Gasteiger partial charge in [0.25, 0.3) is 0 Å². The number of pyridine rings is 1. The van der Waals surface area contributed by atoms with E-state index in [-0.39, 0.29) is 5.75 Å². The number of phenols is 1. The van der Waals surface area contributed by atoms with Crippen molar-refractivity contribution in [3.05, 3.63) is 42.7 Å². The van der Waals surface area contributed by atoms with Gasteiger partial charge in [0.05, 0.1) is 5.39 Å². The number of phenolic OH excluding ortho intramolecular Hbond substituents is 1. The maximum atomic E-state index is 9.31. The van der Waals surface area contributed by atoms with Crippen LogP contribution < -0.4 is 5.32 Å². The molecule has 2 heterocycles. The molecule has 5 nitrogen and oxygen atoms in total. The van der Waals surface area contributed by atoms with Crippen molar-refractivity contribution in [2.24, 2.45) is 0 Å². The summed E-state index contributed by atoms with van der Waals surface area (Å²) in [6, 6.07) is 8.55. The van der Waals surface area contributed by atoms with E-state index in [4.69, 9.17) is 4.52 Å². The highest BCUT2D eigenvalue weighted by Crippen LogP contribution is 2.27. The molecule has 0 fully saturated rings. The molecule has 0 amide bonds. The van der Waals surface area contributed by atoms with E-state index in [0.717, 1.165) is 11.1 Å². The molecular formula is C12H9N3O2. The fraction of sp³-hybridized carbons (Fsp3) is 0. The smallest absolute Gasteiger partial charge is 0.181 e. The predicted molar refractivity (Wildman–Crippen MR) is 63.2 cm³/mol. The van der Waals surface area contributed by atoms with Gasteiger partial charge in [0.1, 0.15) is 5.75 Å². The van der Waals surface area contributed by atoms with E-state index in [2.05, 4.69) is 15.5 Å². The first-order valence-corrected chi connectivity index (χ1v) is 5.08. The van der Waals surface area contributed by atoms with Crippen molar-refractivity contribution in [1.82, 2.24) is 10.1 Å². The van der Waals surface area contributed by atoms with Gasteiger partial charge in [-0.1, -0.05) is 5.16 Å². The van der Waals surface area contributed by atoms with E-state index in [1.807, 2.05) is 12.1 Å². The number of hydrogen-bond donors (Lipinski definition) is 2. The molecule has 5 heteroatoms. The predicted octanol–water partition coefficient (Wildman–Crippen LogP) is 2.67. The fourth-order valence-electron chi connectivity index (χ4n) is 1.59. The fourth-order valence-corrected chi connectivity index (χ4v) is 1.59. The zero-order valence-electron chi connectivity index (χ0n) is 8.79. The van der Waals surface area contributed by atoms with Crippen LogP contribution in [0.3, 0.4) is 0 Å². The molecule has 0 aliphatic rings. The van der Waals surface area contributed by atoms with Crippen LogP contribution in [0, 0.1) is 0 Å². The zero-order chi connectivity index (χ0) is 11.7. The van der Waals surface area contributed by atoms with Gasteiger partial charge in [0, 0.05) is 24.1 Å². The number of anilines is 2. The number of benzene rings is 1. The minimum Gasteiger partial charge on any atom is -0.508 e.